The van der Waals surface area contributed by atoms with E-state index in [1.54, 1.807) is 0 Å². The first-order valence-electron chi connectivity index (χ1n) is 7.04. The van der Waals surface area contributed by atoms with Gasteiger partial charge in [-0.25, -0.2) is 4.99 Å². The Balaban J connectivity index is 2.17. The smallest absolute Gasteiger partial charge is 0.357 e. The highest BCUT2D eigenvalue weighted by Crippen LogP contribution is 2.30. The summed E-state index contributed by atoms with van der Waals surface area (Å²) in [5.74, 6) is 0.673. The third-order valence-electron chi connectivity index (χ3n) is 3.31. The van der Waals surface area contributed by atoms with Crippen LogP contribution in [-0.4, -0.2) is 40.3 Å². The molecule has 21 heavy (non-hydrogen) atoms. The zero-order valence-corrected chi connectivity index (χ0v) is 12.2. The number of likely N-dealkylation sites (tertiary alicyclic amines) is 1. The van der Waals surface area contributed by atoms with Crippen LogP contribution in [0.2, 0.25) is 0 Å². The summed E-state index contributed by atoms with van der Waals surface area (Å²) >= 11 is 0. The van der Waals surface area contributed by atoms with Gasteiger partial charge in [0.25, 0.3) is 0 Å². The molecule has 2 rings (SSSR count). The van der Waals surface area contributed by atoms with Crippen molar-refractivity contribution in [3.05, 3.63) is 17.5 Å². The van der Waals surface area contributed by atoms with Crippen LogP contribution in [0.1, 0.15) is 31.0 Å². The molecule has 0 unspecified atom stereocenters. The van der Waals surface area contributed by atoms with Crippen molar-refractivity contribution < 1.29 is 13.2 Å². The molecule has 1 aliphatic rings. The monoisotopic (exact) mass is 303 g/mol. The zero-order chi connectivity index (χ0) is 15.5. The first-order chi connectivity index (χ1) is 9.91. The molecule has 0 aliphatic carbocycles. The summed E-state index contributed by atoms with van der Waals surface area (Å²) in [6.45, 7) is 4.39. The molecule has 1 saturated heterocycles. The van der Waals surface area contributed by atoms with E-state index in [1.165, 1.54) is 17.9 Å². The Hall–Kier alpha value is -1.73. The summed E-state index contributed by atoms with van der Waals surface area (Å²) in [6, 6.07) is 0. The molecule has 0 amide bonds. The van der Waals surface area contributed by atoms with Crippen LogP contribution in [0, 0.1) is 0 Å². The van der Waals surface area contributed by atoms with Crippen molar-refractivity contribution in [2.45, 2.75) is 32.5 Å². The lowest BCUT2D eigenvalue weighted by molar-refractivity contribution is -0.142. The van der Waals surface area contributed by atoms with Gasteiger partial charge in [0.05, 0.1) is 6.54 Å². The predicted octanol–water partition coefficient (Wildman–Crippen LogP) is 2.00. The molecule has 118 valence electrons. The van der Waals surface area contributed by atoms with Gasteiger partial charge in [0.1, 0.15) is 0 Å². The van der Waals surface area contributed by atoms with Gasteiger partial charge in [0, 0.05) is 38.4 Å². The first kappa shape index (κ1) is 15.7. The minimum atomic E-state index is -4.45. The van der Waals surface area contributed by atoms with Gasteiger partial charge in [0.15, 0.2) is 11.7 Å². The Morgan fingerprint density at radius 1 is 1.38 bits per heavy atom. The second-order valence-corrected chi connectivity index (χ2v) is 5.04. The van der Waals surface area contributed by atoms with Crippen LogP contribution < -0.4 is 5.32 Å². The first-order valence-corrected chi connectivity index (χ1v) is 7.04. The van der Waals surface area contributed by atoms with E-state index in [1.807, 2.05) is 6.92 Å². The lowest BCUT2D eigenvalue weighted by atomic mass is 10.2. The van der Waals surface area contributed by atoms with Gasteiger partial charge in [-0.1, -0.05) is 0 Å². The fourth-order valence-corrected chi connectivity index (χ4v) is 2.41. The molecule has 1 aromatic heterocycles. The molecular weight excluding hydrogens is 283 g/mol. The summed E-state index contributed by atoms with van der Waals surface area (Å²) in [6.07, 6.45) is -0.895. The number of aromatic nitrogens is 2. The average Bonchev–Trinajstić information content (AvgIpc) is 3.03. The summed E-state index contributed by atoms with van der Waals surface area (Å²) in [5.41, 5.74) is -0.759. The molecule has 0 bridgehead atoms. The molecule has 1 fully saturated rings. The van der Waals surface area contributed by atoms with E-state index in [9.17, 15) is 13.2 Å². The molecule has 8 heteroatoms. The molecule has 0 atom stereocenters. The maximum atomic E-state index is 12.9. The van der Waals surface area contributed by atoms with Gasteiger partial charge in [-0.05, 0) is 19.8 Å². The van der Waals surface area contributed by atoms with Crippen molar-refractivity contribution in [1.29, 1.82) is 0 Å². The van der Waals surface area contributed by atoms with Crippen LogP contribution in [0.4, 0.5) is 13.2 Å². The molecule has 0 spiro atoms. The van der Waals surface area contributed by atoms with Crippen LogP contribution in [0.25, 0.3) is 0 Å². The van der Waals surface area contributed by atoms with Gasteiger partial charge in [0.2, 0.25) is 0 Å². The summed E-state index contributed by atoms with van der Waals surface area (Å²) in [4.78, 5) is 6.41. The van der Waals surface area contributed by atoms with Gasteiger partial charge in [-0.2, -0.15) is 18.3 Å². The number of aliphatic imine (C=N–C) groups is 1. The molecule has 2 heterocycles. The maximum Gasteiger partial charge on any atom is 0.435 e. The molecule has 5 nitrogen and oxygen atoms in total. The lowest BCUT2D eigenvalue weighted by Gasteiger charge is -2.20. The number of halogens is 3. The molecular formula is C13H20F3N5. The minimum absolute atomic E-state index is 0.0263. The van der Waals surface area contributed by atoms with E-state index in [0.717, 1.165) is 25.9 Å². The molecule has 1 aromatic rings. The van der Waals surface area contributed by atoms with E-state index in [4.69, 9.17) is 0 Å². The van der Waals surface area contributed by atoms with Crippen molar-refractivity contribution in [2.24, 2.45) is 12.0 Å². The van der Waals surface area contributed by atoms with Gasteiger partial charge >= 0.3 is 6.18 Å². The Morgan fingerprint density at radius 2 is 2.05 bits per heavy atom. The normalized spacial score (nSPS) is 16.6. The Bertz CT molecular complexity index is 500. The quantitative estimate of drug-likeness (QED) is 0.686. The van der Waals surface area contributed by atoms with Crippen LogP contribution in [0.5, 0.6) is 0 Å². The molecule has 1 aliphatic heterocycles. The fourth-order valence-electron chi connectivity index (χ4n) is 2.41. The van der Waals surface area contributed by atoms with E-state index >= 15 is 0 Å². The molecule has 1 N–H and O–H groups in total. The average molecular weight is 303 g/mol. The summed E-state index contributed by atoms with van der Waals surface area (Å²) < 4.78 is 39.8. The van der Waals surface area contributed by atoms with Crippen molar-refractivity contribution in [3.8, 4) is 0 Å². The third kappa shape index (κ3) is 3.89. The SMILES string of the molecule is CCNC(=NCc1cn(C)nc1C(F)(F)F)N1CCCC1. The molecule has 0 saturated carbocycles. The van der Waals surface area contributed by atoms with Crippen molar-refractivity contribution in [1.82, 2.24) is 20.0 Å². The highest BCUT2D eigenvalue weighted by Gasteiger charge is 2.36. The number of nitrogens with one attached hydrogen (secondary N) is 1. The van der Waals surface area contributed by atoms with Gasteiger partial charge in [-0.15, -0.1) is 0 Å². The second-order valence-electron chi connectivity index (χ2n) is 5.04. The van der Waals surface area contributed by atoms with Gasteiger partial charge in [-0.3, -0.25) is 4.68 Å². The molecule has 0 radical (unpaired) electrons. The second kappa shape index (κ2) is 6.36. The van der Waals surface area contributed by atoms with Crippen molar-refractivity contribution >= 4 is 5.96 Å². The topological polar surface area (TPSA) is 45.5 Å². The minimum Gasteiger partial charge on any atom is -0.357 e. The Morgan fingerprint density at radius 3 is 2.62 bits per heavy atom. The van der Waals surface area contributed by atoms with Crippen LogP contribution >= 0.6 is 0 Å². The maximum absolute atomic E-state index is 12.9. The van der Waals surface area contributed by atoms with Crippen molar-refractivity contribution in [2.75, 3.05) is 19.6 Å². The van der Waals surface area contributed by atoms with Crippen LogP contribution in [-0.2, 0) is 19.8 Å². The number of alkyl halides is 3. The number of guanidine groups is 1. The number of hydrogen-bond acceptors (Lipinski definition) is 2. The highest BCUT2D eigenvalue weighted by molar-refractivity contribution is 5.80. The van der Waals surface area contributed by atoms with Gasteiger partial charge < -0.3 is 10.2 Å². The summed E-state index contributed by atoms with van der Waals surface area (Å²) in [7, 11) is 1.48. The predicted molar refractivity (Wildman–Crippen MR) is 73.8 cm³/mol. The standard InChI is InChI=1S/C13H20F3N5/c1-3-17-12(21-6-4-5-7-21)18-8-10-9-20(2)19-11(10)13(14,15)16/h9H,3-8H2,1-2H3,(H,17,18). The van der Waals surface area contributed by atoms with E-state index in [0.29, 0.717) is 12.5 Å². The number of aryl methyl sites for hydroxylation is 1. The zero-order valence-electron chi connectivity index (χ0n) is 12.2. The highest BCUT2D eigenvalue weighted by atomic mass is 19.4. The van der Waals surface area contributed by atoms with E-state index < -0.39 is 11.9 Å². The number of rotatable bonds is 3. The van der Waals surface area contributed by atoms with Crippen LogP contribution in [0.15, 0.2) is 11.2 Å². The van der Waals surface area contributed by atoms with E-state index in [-0.39, 0.29) is 12.1 Å². The fraction of sp³-hybridized carbons (Fsp3) is 0.692. The Kier molecular flexibility index (Phi) is 4.74. The van der Waals surface area contributed by atoms with Crippen LogP contribution in [0.3, 0.4) is 0 Å². The molecule has 0 aromatic carbocycles. The van der Waals surface area contributed by atoms with Crippen molar-refractivity contribution in [3.63, 3.8) is 0 Å². The number of nitrogens with zero attached hydrogens (tertiary/aromatic N) is 4. The lowest BCUT2D eigenvalue weighted by Crippen LogP contribution is -2.39. The third-order valence-corrected chi connectivity index (χ3v) is 3.31. The van der Waals surface area contributed by atoms with E-state index in [2.05, 4.69) is 20.3 Å². The largest absolute Gasteiger partial charge is 0.435 e. The summed E-state index contributed by atoms with van der Waals surface area (Å²) in [5, 5.41) is 6.62. The number of hydrogen-bond donors (Lipinski definition) is 1. The Labute approximate surface area is 121 Å².